The van der Waals surface area contributed by atoms with Gasteiger partial charge >= 0.3 is 0 Å². The number of sulfonamides is 1. The van der Waals surface area contributed by atoms with E-state index in [1.807, 2.05) is 0 Å². The number of non-ortho nitro benzene ring substituents is 1. The molecule has 24 heavy (non-hydrogen) atoms. The Bertz CT molecular complexity index is 737. The lowest BCUT2D eigenvalue weighted by Crippen LogP contribution is -2.60. The molecule has 1 aromatic carbocycles. The first kappa shape index (κ1) is 16.0. The average molecular weight is 350 g/mol. The molecule has 4 aliphatic rings. The summed E-state index contributed by atoms with van der Waals surface area (Å²) in [7, 11) is -1.93. The molecule has 0 aromatic heterocycles. The molecular weight excluding hydrogens is 328 g/mol. The SMILES string of the molecule is CN(C12CC3CC(CC(C3)C1)C2)S(=O)(=O)c1ccc([N+](=O)[O-])cc1. The van der Waals surface area contributed by atoms with Gasteiger partial charge in [-0.3, -0.25) is 10.1 Å². The first-order valence-corrected chi connectivity index (χ1v) is 9.98. The first-order chi connectivity index (χ1) is 11.3. The molecule has 0 spiro atoms. The summed E-state index contributed by atoms with van der Waals surface area (Å²) in [6.07, 6.45) is 6.64. The van der Waals surface area contributed by atoms with Crippen LogP contribution in [0.3, 0.4) is 0 Å². The van der Waals surface area contributed by atoms with Gasteiger partial charge in [-0.05, 0) is 68.4 Å². The Labute approximate surface area is 142 Å². The summed E-state index contributed by atoms with van der Waals surface area (Å²) in [5.41, 5.74) is -0.346. The third-order valence-corrected chi connectivity index (χ3v) is 8.36. The highest BCUT2D eigenvalue weighted by atomic mass is 32.2. The topological polar surface area (TPSA) is 80.5 Å². The van der Waals surface area contributed by atoms with E-state index in [-0.39, 0.29) is 16.1 Å². The van der Waals surface area contributed by atoms with Crippen molar-refractivity contribution in [2.75, 3.05) is 7.05 Å². The van der Waals surface area contributed by atoms with Crippen molar-refractivity contribution in [3.63, 3.8) is 0 Å². The van der Waals surface area contributed by atoms with Crippen LogP contribution in [0, 0.1) is 27.9 Å². The van der Waals surface area contributed by atoms with Gasteiger partial charge in [-0.1, -0.05) is 0 Å². The molecule has 1 aromatic rings. The minimum atomic E-state index is -3.63. The van der Waals surface area contributed by atoms with E-state index in [4.69, 9.17) is 0 Å². The molecule has 6 nitrogen and oxygen atoms in total. The van der Waals surface area contributed by atoms with E-state index < -0.39 is 14.9 Å². The van der Waals surface area contributed by atoms with E-state index in [1.54, 1.807) is 11.4 Å². The van der Waals surface area contributed by atoms with Crippen molar-refractivity contribution in [3.8, 4) is 0 Å². The summed E-state index contributed by atoms with van der Waals surface area (Å²) in [5, 5.41) is 10.8. The number of rotatable bonds is 4. The van der Waals surface area contributed by atoms with Crippen molar-refractivity contribution in [1.82, 2.24) is 4.31 Å². The Hall–Kier alpha value is -1.47. The summed E-state index contributed by atoms with van der Waals surface area (Å²) in [4.78, 5) is 10.4. The van der Waals surface area contributed by atoms with E-state index >= 15 is 0 Å². The second-order valence-electron chi connectivity index (χ2n) is 7.87. The van der Waals surface area contributed by atoms with Crippen molar-refractivity contribution in [2.45, 2.75) is 49.0 Å². The van der Waals surface area contributed by atoms with Crippen molar-refractivity contribution < 1.29 is 13.3 Å². The van der Waals surface area contributed by atoms with Crippen molar-refractivity contribution >= 4 is 15.7 Å². The predicted molar refractivity (Wildman–Crippen MR) is 88.9 cm³/mol. The molecule has 4 saturated carbocycles. The third-order valence-electron chi connectivity index (χ3n) is 6.38. The van der Waals surface area contributed by atoms with E-state index in [0.29, 0.717) is 17.8 Å². The van der Waals surface area contributed by atoms with Crippen LogP contribution in [0.25, 0.3) is 0 Å². The van der Waals surface area contributed by atoms with Crippen LogP contribution in [0.15, 0.2) is 29.2 Å². The predicted octanol–water partition coefficient (Wildman–Crippen LogP) is 3.18. The van der Waals surface area contributed by atoms with Crippen molar-refractivity contribution in [1.29, 1.82) is 0 Å². The monoisotopic (exact) mass is 350 g/mol. The van der Waals surface area contributed by atoms with Crippen LogP contribution in [-0.2, 0) is 10.0 Å². The number of hydrogen-bond acceptors (Lipinski definition) is 4. The second kappa shape index (κ2) is 5.26. The van der Waals surface area contributed by atoms with E-state index in [2.05, 4.69) is 0 Å². The molecule has 4 bridgehead atoms. The van der Waals surface area contributed by atoms with Crippen LogP contribution in [0.4, 0.5) is 5.69 Å². The quantitative estimate of drug-likeness (QED) is 0.617. The summed E-state index contributed by atoms with van der Waals surface area (Å²) >= 11 is 0. The van der Waals surface area contributed by atoms with Crippen LogP contribution in [0.5, 0.6) is 0 Å². The standard InChI is InChI=1S/C17H22N2O4S/c1-18(17-9-12-6-13(10-17)8-14(7-12)11-17)24(22,23)16-4-2-15(3-5-16)19(20)21/h2-5,12-14H,6-11H2,1H3. The van der Waals surface area contributed by atoms with Crippen LogP contribution in [0.1, 0.15) is 38.5 Å². The fourth-order valence-corrected chi connectivity index (χ4v) is 7.13. The zero-order valence-corrected chi connectivity index (χ0v) is 14.5. The highest BCUT2D eigenvalue weighted by Crippen LogP contribution is 2.58. The number of nitrogens with zero attached hydrogens (tertiary/aromatic N) is 2. The molecule has 0 N–H and O–H groups in total. The Morgan fingerprint density at radius 2 is 1.50 bits per heavy atom. The van der Waals surface area contributed by atoms with Crippen LogP contribution >= 0.6 is 0 Å². The molecule has 0 unspecified atom stereocenters. The fraction of sp³-hybridized carbons (Fsp3) is 0.647. The van der Waals surface area contributed by atoms with E-state index in [0.717, 1.165) is 19.3 Å². The third kappa shape index (κ3) is 2.37. The number of hydrogen-bond donors (Lipinski definition) is 0. The summed E-state index contributed by atoms with van der Waals surface area (Å²) in [6.45, 7) is 0. The van der Waals surface area contributed by atoms with Gasteiger partial charge in [0.1, 0.15) is 0 Å². The number of nitro benzene ring substituents is 1. The Morgan fingerprint density at radius 3 is 1.92 bits per heavy atom. The number of benzene rings is 1. The lowest BCUT2D eigenvalue weighted by atomic mass is 9.53. The van der Waals surface area contributed by atoms with Gasteiger partial charge in [0.2, 0.25) is 10.0 Å². The zero-order valence-electron chi connectivity index (χ0n) is 13.7. The van der Waals surface area contributed by atoms with Crippen molar-refractivity contribution in [2.24, 2.45) is 17.8 Å². The molecule has 4 aliphatic carbocycles. The van der Waals surface area contributed by atoms with E-state index in [9.17, 15) is 18.5 Å². The van der Waals surface area contributed by atoms with Crippen LogP contribution in [0.2, 0.25) is 0 Å². The molecule has 130 valence electrons. The molecule has 0 saturated heterocycles. The lowest BCUT2D eigenvalue weighted by Gasteiger charge is -2.59. The van der Waals surface area contributed by atoms with Gasteiger partial charge in [0.15, 0.2) is 0 Å². The molecule has 0 atom stereocenters. The molecule has 0 aliphatic heterocycles. The molecular formula is C17H22N2O4S. The maximum absolute atomic E-state index is 13.1. The largest absolute Gasteiger partial charge is 0.269 e. The zero-order chi connectivity index (χ0) is 17.1. The normalized spacial score (nSPS) is 34.7. The minimum absolute atomic E-state index is 0.0913. The average Bonchev–Trinajstić information content (AvgIpc) is 2.53. The maximum atomic E-state index is 13.1. The molecule has 0 radical (unpaired) electrons. The Balaban J connectivity index is 1.65. The van der Waals surface area contributed by atoms with Crippen LogP contribution < -0.4 is 0 Å². The molecule has 7 heteroatoms. The van der Waals surface area contributed by atoms with Gasteiger partial charge < -0.3 is 0 Å². The highest BCUT2D eigenvalue weighted by molar-refractivity contribution is 7.89. The lowest BCUT2D eigenvalue weighted by molar-refractivity contribution is -0.384. The van der Waals surface area contributed by atoms with Gasteiger partial charge in [0, 0.05) is 24.7 Å². The molecule has 0 amide bonds. The summed E-state index contributed by atoms with van der Waals surface area (Å²) < 4.78 is 27.8. The maximum Gasteiger partial charge on any atom is 0.269 e. The van der Waals surface area contributed by atoms with Gasteiger partial charge in [0.05, 0.1) is 9.82 Å². The molecule has 4 fully saturated rings. The smallest absolute Gasteiger partial charge is 0.258 e. The van der Waals surface area contributed by atoms with Crippen LogP contribution in [-0.4, -0.2) is 30.2 Å². The van der Waals surface area contributed by atoms with Gasteiger partial charge in [-0.2, -0.15) is 4.31 Å². The summed E-state index contributed by atoms with van der Waals surface area (Å²) in [5.74, 6) is 1.97. The summed E-state index contributed by atoms with van der Waals surface area (Å²) in [6, 6.07) is 5.23. The van der Waals surface area contributed by atoms with E-state index in [1.165, 1.54) is 43.5 Å². The fourth-order valence-electron chi connectivity index (χ4n) is 5.60. The second-order valence-corrected chi connectivity index (χ2v) is 9.83. The Kier molecular flexibility index (Phi) is 3.51. The van der Waals surface area contributed by atoms with Gasteiger partial charge in [-0.15, -0.1) is 0 Å². The minimum Gasteiger partial charge on any atom is -0.258 e. The van der Waals surface area contributed by atoms with Gasteiger partial charge in [0.25, 0.3) is 5.69 Å². The molecule has 0 heterocycles. The first-order valence-electron chi connectivity index (χ1n) is 8.54. The molecule has 5 rings (SSSR count). The Morgan fingerprint density at radius 1 is 1.04 bits per heavy atom. The highest BCUT2D eigenvalue weighted by Gasteiger charge is 2.55. The van der Waals surface area contributed by atoms with Gasteiger partial charge in [-0.25, -0.2) is 8.42 Å². The number of nitro groups is 1. The van der Waals surface area contributed by atoms with Crippen molar-refractivity contribution in [3.05, 3.63) is 34.4 Å².